The molecule has 0 radical (unpaired) electrons. The average molecular weight is 398 g/mol. The van der Waals surface area contributed by atoms with E-state index in [0.29, 0.717) is 16.6 Å². The van der Waals surface area contributed by atoms with Gasteiger partial charge in [0, 0.05) is 0 Å². The third-order valence-corrected chi connectivity index (χ3v) is 4.63. The number of hydrogen-bond donors (Lipinski definition) is 2. The van der Waals surface area contributed by atoms with Gasteiger partial charge in [-0.15, -0.1) is 0 Å². The Kier molecular flexibility index (Phi) is 6.10. The van der Waals surface area contributed by atoms with Crippen molar-refractivity contribution in [3.05, 3.63) is 47.5 Å². The highest BCUT2D eigenvalue weighted by atomic mass is 32.1. The molecule has 2 aromatic carbocycles. The van der Waals surface area contributed by atoms with Crippen LogP contribution in [0.1, 0.15) is 25.0 Å². The number of ether oxygens (including phenoxy) is 2. The first kappa shape index (κ1) is 19.6. The van der Waals surface area contributed by atoms with Crippen LogP contribution in [0.15, 0.2) is 41.5 Å². The van der Waals surface area contributed by atoms with Gasteiger partial charge in [0.1, 0.15) is 0 Å². The molecule has 0 saturated heterocycles. The summed E-state index contributed by atoms with van der Waals surface area (Å²) in [6, 6.07) is 11.1. The van der Waals surface area contributed by atoms with E-state index < -0.39 is 0 Å². The minimum Gasteiger partial charge on any atom is -0.493 e. The maximum Gasteiger partial charge on any atom is 0.244 e. The number of fused-ring (bicyclic) bond motifs is 1. The monoisotopic (exact) mass is 398 g/mol. The van der Waals surface area contributed by atoms with E-state index in [1.165, 1.54) is 11.3 Å². The number of rotatable bonds is 7. The first-order valence-electron chi connectivity index (χ1n) is 8.76. The van der Waals surface area contributed by atoms with E-state index in [4.69, 9.17) is 15.2 Å². The fraction of sp³-hybridized carbons (Fsp3) is 0.250. The van der Waals surface area contributed by atoms with E-state index in [-0.39, 0.29) is 18.4 Å². The molecule has 3 rings (SSSR count). The van der Waals surface area contributed by atoms with E-state index in [1.54, 1.807) is 19.4 Å². The van der Waals surface area contributed by atoms with Gasteiger partial charge in [-0.1, -0.05) is 17.4 Å². The summed E-state index contributed by atoms with van der Waals surface area (Å²) in [7, 11) is 1.59. The van der Waals surface area contributed by atoms with Crippen LogP contribution >= 0.6 is 11.3 Å². The van der Waals surface area contributed by atoms with E-state index >= 15 is 0 Å². The van der Waals surface area contributed by atoms with E-state index in [1.807, 2.05) is 44.2 Å². The van der Waals surface area contributed by atoms with Crippen LogP contribution in [0.3, 0.4) is 0 Å². The third kappa shape index (κ3) is 4.98. The number of aromatic nitrogens is 1. The van der Waals surface area contributed by atoms with E-state index in [2.05, 4.69) is 15.5 Å². The fourth-order valence-electron chi connectivity index (χ4n) is 2.62. The number of carbonyl (C=O) groups is 1. The summed E-state index contributed by atoms with van der Waals surface area (Å²) in [5.41, 5.74) is 10.8. The fourth-order valence-corrected chi connectivity index (χ4v) is 3.42. The van der Waals surface area contributed by atoms with Crippen molar-refractivity contribution < 1.29 is 14.3 Å². The first-order valence-corrected chi connectivity index (χ1v) is 9.58. The van der Waals surface area contributed by atoms with Crippen molar-refractivity contribution in [2.24, 2.45) is 5.10 Å². The molecule has 0 aliphatic rings. The van der Waals surface area contributed by atoms with Crippen molar-refractivity contribution in [1.29, 1.82) is 0 Å². The van der Waals surface area contributed by atoms with Crippen LogP contribution in [-0.4, -0.2) is 30.3 Å². The molecule has 28 heavy (non-hydrogen) atoms. The van der Waals surface area contributed by atoms with E-state index in [0.717, 1.165) is 21.3 Å². The van der Waals surface area contributed by atoms with Crippen molar-refractivity contribution in [3.8, 4) is 11.5 Å². The lowest BCUT2D eigenvalue weighted by Gasteiger charge is -2.13. The molecular weight excluding hydrogens is 376 g/mol. The van der Waals surface area contributed by atoms with Crippen LogP contribution in [0, 0.1) is 0 Å². The molecule has 1 amide bonds. The second kappa shape index (κ2) is 8.71. The Morgan fingerprint density at radius 1 is 1.29 bits per heavy atom. The maximum absolute atomic E-state index is 12.2. The maximum atomic E-state index is 12.2. The Balaban J connectivity index is 1.62. The van der Waals surface area contributed by atoms with Gasteiger partial charge in [0.2, 0.25) is 5.91 Å². The van der Waals surface area contributed by atoms with Crippen molar-refractivity contribution in [2.75, 3.05) is 12.8 Å². The van der Waals surface area contributed by atoms with Gasteiger partial charge in [0.25, 0.3) is 0 Å². The van der Waals surface area contributed by atoms with Crippen LogP contribution < -0.4 is 20.6 Å². The summed E-state index contributed by atoms with van der Waals surface area (Å²) < 4.78 is 12.0. The van der Waals surface area contributed by atoms with Crippen molar-refractivity contribution in [3.63, 3.8) is 0 Å². The van der Waals surface area contributed by atoms with Crippen molar-refractivity contribution in [2.45, 2.75) is 26.4 Å². The summed E-state index contributed by atoms with van der Waals surface area (Å²) in [5.74, 6) is 1.07. The summed E-state index contributed by atoms with van der Waals surface area (Å²) in [4.78, 5) is 16.4. The third-order valence-electron chi connectivity index (χ3n) is 3.79. The molecular formula is C20H22N4O3S. The van der Waals surface area contributed by atoms with Crippen LogP contribution in [0.25, 0.3) is 10.2 Å². The Hall–Kier alpha value is -3.13. The van der Waals surface area contributed by atoms with Crippen LogP contribution in [0.4, 0.5) is 5.13 Å². The predicted molar refractivity (Wildman–Crippen MR) is 112 cm³/mol. The summed E-state index contributed by atoms with van der Waals surface area (Å²) in [6.07, 6.45) is 1.81. The van der Waals surface area contributed by atoms with Crippen molar-refractivity contribution in [1.82, 2.24) is 10.4 Å². The lowest BCUT2D eigenvalue weighted by molar-refractivity contribution is -0.120. The normalized spacial score (nSPS) is 11.3. The number of nitrogen functional groups attached to an aromatic ring is 1. The lowest BCUT2D eigenvalue weighted by atomic mass is 10.1. The minimum absolute atomic E-state index is 0.0204. The number of nitrogens with zero attached hydrogens (tertiary/aromatic N) is 2. The number of nitrogens with one attached hydrogen (secondary N) is 1. The zero-order valence-electron chi connectivity index (χ0n) is 15.9. The van der Waals surface area contributed by atoms with Gasteiger partial charge in [-0.25, -0.2) is 10.4 Å². The molecule has 1 heterocycles. The quantitative estimate of drug-likeness (QED) is 0.470. The molecule has 0 bridgehead atoms. The van der Waals surface area contributed by atoms with Gasteiger partial charge in [0.05, 0.1) is 36.1 Å². The molecule has 8 heteroatoms. The second-order valence-corrected chi connectivity index (χ2v) is 7.46. The largest absolute Gasteiger partial charge is 0.493 e. The molecule has 0 spiro atoms. The SMILES string of the molecule is COc1ccc(/C=N\NC(=O)Cc2ccc3nc(N)sc3c2)cc1OC(C)C. The predicted octanol–water partition coefficient (Wildman–Crippen LogP) is 3.37. The number of amides is 1. The number of nitrogens with two attached hydrogens (primary N) is 1. The second-order valence-electron chi connectivity index (χ2n) is 6.40. The molecule has 0 aliphatic carbocycles. The Morgan fingerprint density at radius 2 is 2.11 bits per heavy atom. The molecule has 0 aliphatic heterocycles. The molecule has 0 saturated carbocycles. The standard InChI is InChI=1S/C20H22N4O3S/c1-12(2)27-17-8-14(5-7-16(17)26-3)11-22-24-19(25)10-13-4-6-15-18(9-13)28-20(21)23-15/h4-9,11-12H,10H2,1-3H3,(H2,21,23)(H,24,25)/b22-11-. The smallest absolute Gasteiger partial charge is 0.244 e. The lowest BCUT2D eigenvalue weighted by Crippen LogP contribution is -2.19. The molecule has 3 N–H and O–H groups in total. The first-order chi connectivity index (χ1) is 13.4. The number of hydrogen-bond acceptors (Lipinski definition) is 7. The van der Waals surface area contributed by atoms with Gasteiger partial charge in [-0.3, -0.25) is 4.79 Å². The Morgan fingerprint density at radius 3 is 2.86 bits per heavy atom. The molecule has 3 aromatic rings. The topological polar surface area (TPSA) is 98.8 Å². The van der Waals surface area contributed by atoms with Crippen LogP contribution in [-0.2, 0) is 11.2 Å². The Labute approximate surface area is 167 Å². The van der Waals surface area contributed by atoms with Gasteiger partial charge in [-0.05, 0) is 55.3 Å². The average Bonchev–Trinajstić information content (AvgIpc) is 3.01. The van der Waals surface area contributed by atoms with Gasteiger partial charge >= 0.3 is 0 Å². The summed E-state index contributed by atoms with van der Waals surface area (Å²) in [6.45, 7) is 3.89. The van der Waals surface area contributed by atoms with Crippen LogP contribution in [0.5, 0.6) is 11.5 Å². The number of methoxy groups -OCH3 is 1. The highest BCUT2D eigenvalue weighted by Gasteiger charge is 2.08. The summed E-state index contributed by atoms with van der Waals surface area (Å²) >= 11 is 1.40. The highest BCUT2D eigenvalue weighted by Crippen LogP contribution is 2.28. The number of thiazole rings is 1. The van der Waals surface area contributed by atoms with Gasteiger partial charge in [0.15, 0.2) is 16.6 Å². The van der Waals surface area contributed by atoms with Gasteiger partial charge < -0.3 is 15.2 Å². The zero-order valence-corrected chi connectivity index (χ0v) is 16.7. The number of hydrazone groups is 1. The van der Waals surface area contributed by atoms with Crippen molar-refractivity contribution >= 4 is 38.8 Å². The number of anilines is 1. The number of benzene rings is 2. The molecule has 0 fully saturated rings. The molecule has 0 atom stereocenters. The molecule has 146 valence electrons. The summed E-state index contributed by atoms with van der Waals surface area (Å²) in [5, 5.41) is 4.54. The Bertz CT molecular complexity index is 1010. The molecule has 7 nitrogen and oxygen atoms in total. The van der Waals surface area contributed by atoms with E-state index in [9.17, 15) is 4.79 Å². The molecule has 1 aromatic heterocycles. The zero-order chi connectivity index (χ0) is 20.1. The van der Waals surface area contributed by atoms with Gasteiger partial charge in [-0.2, -0.15) is 5.10 Å². The minimum atomic E-state index is -0.208. The van der Waals surface area contributed by atoms with Crippen LogP contribution in [0.2, 0.25) is 0 Å². The number of carbonyl (C=O) groups excluding carboxylic acids is 1. The highest BCUT2D eigenvalue weighted by molar-refractivity contribution is 7.22. The molecule has 0 unspecified atom stereocenters.